The van der Waals surface area contributed by atoms with Crippen LogP contribution in [0.3, 0.4) is 0 Å². The van der Waals surface area contributed by atoms with Crippen molar-refractivity contribution in [3.8, 4) is 5.75 Å². The van der Waals surface area contributed by atoms with Crippen molar-refractivity contribution in [1.29, 1.82) is 0 Å². The molecule has 3 N–H and O–H groups in total. The zero-order chi connectivity index (χ0) is 12.0. The predicted molar refractivity (Wildman–Crippen MR) is 64.5 cm³/mol. The fraction of sp³-hybridized carbons (Fsp3) is 0.417. The first-order valence-corrected chi connectivity index (χ1v) is 5.41. The number of anilines is 1. The number of carbonyl (C=O) groups excluding carboxylic acids is 1. The van der Waals surface area contributed by atoms with E-state index in [0.29, 0.717) is 24.7 Å². The molecule has 16 heavy (non-hydrogen) atoms. The highest BCUT2D eigenvalue weighted by Crippen LogP contribution is 2.21. The molecule has 0 bridgehead atoms. The first kappa shape index (κ1) is 12.5. The van der Waals surface area contributed by atoms with E-state index in [1.54, 1.807) is 24.3 Å². The number of hydrogen-bond acceptors (Lipinski definition) is 3. The molecule has 0 fully saturated rings. The van der Waals surface area contributed by atoms with Crippen LogP contribution < -0.4 is 10.6 Å². The van der Waals surface area contributed by atoms with Crippen LogP contribution in [0.15, 0.2) is 24.3 Å². The number of benzene rings is 1. The first-order chi connectivity index (χ1) is 7.59. The molecule has 4 nitrogen and oxygen atoms in total. The van der Waals surface area contributed by atoms with E-state index in [1.165, 1.54) is 0 Å². The molecule has 0 unspecified atom stereocenters. The molecule has 0 saturated carbocycles. The normalized spacial score (nSPS) is 10.4. The molecular formula is C12H18N2O2. The van der Waals surface area contributed by atoms with E-state index >= 15 is 0 Å². The summed E-state index contributed by atoms with van der Waals surface area (Å²) in [7, 11) is 0. The smallest absolute Gasteiger partial charge is 0.225 e. The van der Waals surface area contributed by atoms with Crippen LogP contribution in [-0.2, 0) is 4.79 Å². The molecule has 1 rings (SSSR count). The minimum absolute atomic E-state index is 0.0904. The molecule has 0 atom stereocenters. The van der Waals surface area contributed by atoms with E-state index in [2.05, 4.69) is 10.6 Å². The molecule has 0 aromatic heterocycles. The summed E-state index contributed by atoms with van der Waals surface area (Å²) in [4.78, 5) is 11.5. The van der Waals surface area contributed by atoms with Crippen molar-refractivity contribution in [1.82, 2.24) is 5.32 Å². The quantitative estimate of drug-likeness (QED) is 0.665. The molecule has 4 heteroatoms. The van der Waals surface area contributed by atoms with Gasteiger partial charge in [-0.05, 0) is 12.1 Å². The van der Waals surface area contributed by atoms with Gasteiger partial charge in [-0.25, -0.2) is 0 Å². The van der Waals surface area contributed by atoms with Gasteiger partial charge < -0.3 is 15.7 Å². The third-order valence-electron chi connectivity index (χ3n) is 2.08. The van der Waals surface area contributed by atoms with Gasteiger partial charge in [-0.2, -0.15) is 0 Å². The molecular weight excluding hydrogens is 204 g/mol. The van der Waals surface area contributed by atoms with E-state index in [9.17, 15) is 9.90 Å². The van der Waals surface area contributed by atoms with Crippen molar-refractivity contribution in [3.63, 3.8) is 0 Å². The number of hydrogen-bond donors (Lipinski definition) is 3. The predicted octanol–water partition coefficient (Wildman–Crippen LogP) is 1.72. The molecule has 0 radical (unpaired) electrons. The van der Waals surface area contributed by atoms with Gasteiger partial charge in [0, 0.05) is 19.0 Å². The summed E-state index contributed by atoms with van der Waals surface area (Å²) in [5, 5.41) is 15.3. The molecule has 1 aromatic carbocycles. The summed E-state index contributed by atoms with van der Waals surface area (Å²) in [5.41, 5.74) is 0.456. The Kier molecular flexibility index (Phi) is 4.79. The second kappa shape index (κ2) is 6.12. The molecule has 0 aliphatic heterocycles. The van der Waals surface area contributed by atoms with Crippen LogP contribution in [0.1, 0.15) is 20.3 Å². The van der Waals surface area contributed by atoms with Crippen LogP contribution in [0.2, 0.25) is 0 Å². The van der Waals surface area contributed by atoms with Gasteiger partial charge in [0.05, 0.1) is 5.69 Å². The van der Waals surface area contributed by atoms with Gasteiger partial charge in [-0.1, -0.05) is 26.0 Å². The van der Waals surface area contributed by atoms with Crippen molar-refractivity contribution in [2.24, 2.45) is 0 Å². The van der Waals surface area contributed by atoms with Crippen LogP contribution in [0.4, 0.5) is 5.69 Å². The van der Waals surface area contributed by atoms with E-state index in [0.717, 1.165) is 0 Å². The Morgan fingerprint density at radius 2 is 2.06 bits per heavy atom. The van der Waals surface area contributed by atoms with Crippen LogP contribution in [0, 0.1) is 0 Å². The summed E-state index contributed by atoms with van der Waals surface area (Å²) in [6, 6.07) is 7.07. The Labute approximate surface area is 95.7 Å². The van der Waals surface area contributed by atoms with Gasteiger partial charge in [0.1, 0.15) is 5.75 Å². The number of carbonyl (C=O) groups is 1. The van der Waals surface area contributed by atoms with Crippen molar-refractivity contribution in [3.05, 3.63) is 24.3 Å². The molecule has 0 aliphatic rings. The zero-order valence-electron chi connectivity index (χ0n) is 9.66. The molecule has 1 amide bonds. The summed E-state index contributed by atoms with van der Waals surface area (Å²) in [6.45, 7) is 4.69. The monoisotopic (exact) mass is 222 g/mol. The Morgan fingerprint density at radius 1 is 1.38 bits per heavy atom. The second-order valence-corrected chi connectivity index (χ2v) is 3.92. The molecule has 0 spiro atoms. The zero-order valence-corrected chi connectivity index (χ0v) is 9.66. The van der Waals surface area contributed by atoms with Crippen LogP contribution in [0.5, 0.6) is 5.75 Å². The standard InChI is InChI=1S/C12H18N2O2/c1-9(2)13-8-7-12(16)14-10-5-3-4-6-11(10)15/h3-6,9,13,15H,7-8H2,1-2H3,(H,14,16). The van der Waals surface area contributed by atoms with Gasteiger partial charge in [-0.15, -0.1) is 0 Å². The SMILES string of the molecule is CC(C)NCCC(=O)Nc1ccccc1O. The lowest BCUT2D eigenvalue weighted by molar-refractivity contribution is -0.116. The number of para-hydroxylation sites is 2. The van der Waals surface area contributed by atoms with E-state index in [-0.39, 0.29) is 11.7 Å². The number of phenolic OH excluding ortho intramolecular Hbond substituents is 1. The average molecular weight is 222 g/mol. The van der Waals surface area contributed by atoms with E-state index < -0.39 is 0 Å². The Morgan fingerprint density at radius 3 is 2.69 bits per heavy atom. The number of nitrogens with one attached hydrogen (secondary N) is 2. The molecule has 0 heterocycles. The molecule has 0 saturated heterocycles. The van der Waals surface area contributed by atoms with E-state index in [1.807, 2.05) is 13.8 Å². The molecule has 1 aromatic rings. The maximum Gasteiger partial charge on any atom is 0.225 e. The fourth-order valence-corrected chi connectivity index (χ4v) is 1.27. The number of amides is 1. The maximum absolute atomic E-state index is 11.5. The minimum Gasteiger partial charge on any atom is -0.506 e. The van der Waals surface area contributed by atoms with Gasteiger partial charge in [-0.3, -0.25) is 4.79 Å². The van der Waals surface area contributed by atoms with Crippen molar-refractivity contribution in [2.45, 2.75) is 26.3 Å². The Bertz CT molecular complexity index is 351. The van der Waals surface area contributed by atoms with Crippen molar-refractivity contribution >= 4 is 11.6 Å². The Hall–Kier alpha value is -1.55. The Balaban J connectivity index is 2.37. The number of aromatic hydroxyl groups is 1. The second-order valence-electron chi connectivity index (χ2n) is 3.92. The van der Waals surface area contributed by atoms with Gasteiger partial charge >= 0.3 is 0 Å². The fourth-order valence-electron chi connectivity index (χ4n) is 1.27. The highest BCUT2D eigenvalue weighted by atomic mass is 16.3. The average Bonchev–Trinajstić information content (AvgIpc) is 2.21. The lowest BCUT2D eigenvalue weighted by atomic mass is 10.2. The third kappa shape index (κ3) is 4.31. The van der Waals surface area contributed by atoms with Gasteiger partial charge in [0.15, 0.2) is 0 Å². The third-order valence-corrected chi connectivity index (χ3v) is 2.08. The number of phenols is 1. The highest BCUT2D eigenvalue weighted by molar-refractivity contribution is 5.92. The van der Waals surface area contributed by atoms with Crippen molar-refractivity contribution in [2.75, 3.05) is 11.9 Å². The van der Waals surface area contributed by atoms with Crippen LogP contribution >= 0.6 is 0 Å². The summed E-state index contributed by atoms with van der Waals surface area (Å²) in [5.74, 6) is -0.0117. The molecule has 88 valence electrons. The van der Waals surface area contributed by atoms with E-state index in [4.69, 9.17) is 0 Å². The topological polar surface area (TPSA) is 61.4 Å². The summed E-state index contributed by atoms with van der Waals surface area (Å²) >= 11 is 0. The van der Waals surface area contributed by atoms with Gasteiger partial charge in [0.25, 0.3) is 0 Å². The van der Waals surface area contributed by atoms with Crippen LogP contribution in [0.25, 0.3) is 0 Å². The van der Waals surface area contributed by atoms with Gasteiger partial charge in [0.2, 0.25) is 5.91 Å². The lowest BCUT2D eigenvalue weighted by Crippen LogP contribution is -2.27. The molecule has 0 aliphatic carbocycles. The maximum atomic E-state index is 11.5. The summed E-state index contributed by atoms with van der Waals surface area (Å²) < 4.78 is 0. The largest absolute Gasteiger partial charge is 0.506 e. The highest BCUT2D eigenvalue weighted by Gasteiger charge is 2.05. The first-order valence-electron chi connectivity index (χ1n) is 5.41. The lowest BCUT2D eigenvalue weighted by Gasteiger charge is -2.09. The van der Waals surface area contributed by atoms with Crippen molar-refractivity contribution < 1.29 is 9.90 Å². The number of rotatable bonds is 5. The minimum atomic E-state index is -0.102. The summed E-state index contributed by atoms with van der Waals surface area (Å²) in [6.07, 6.45) is 0.395. The van der Waals surface area contributed by atoms with Crippen LogP contribution in [-0.4, -0.2) is 23.6 Å².